The Morgan fingerprint density at radius 3 is 2.57 bits per heavy atom. The van der Waals surface area contributed by atoms with Gasteiger partial charge in [-0.25, -0.2) is 13.1 Å². The number of carbonyl (C=O) groups is 1. The van der Waals surface area contributed by atoms with Crippen molar-refractivity contribution < 1.29 is 18.1 Å². The summed E-state index contributed by atoms with van der Waals surface area (Å²) in [6.07, 6.45) is 0.401. The molecule has 122 valence electrons. The van der Waals surface area contributed by atoms with Crippen LogP contribution in [0, 0.1) is 10.1 Å². The Kier molecular flexibility index (Phi) is 5.24. The van der Waals surface area contributed by atoms with E-state index in [1.807, 2.05) is 0 Å². The molecule has 0 aliphatic carbocycles. The first-order valence-corrected chi connectivity index (χ1v) is 8.94. The van der Waals surface area contributed by atoms with Crippen LogP contribution >= 0.6 is 11.3 Å². The van der Waals surface area contributed by atoms with Crippen molar-refractivity contribution in [1.82, 2.24) is 4.72 Å². The lowest BCUT2D eigenvalue weighted by molar-refractivity contribution is -0.387. The summed E-state index contributed by atoms with van der Waals surface area (Å²) in [6.45, 7) is 1.55. The molecule has 23 heavy (non-hydrogen) atoms. The maximum Gasteiger partial charge on any atom is 0.289 e. The normalized spacial score (nSPS) is 11.3. The van der Waals surface area contributed by atoms with E-state index in [0.717, 1.165) is 10.9 Å². The number of nitro benzene ring substituents is 1. The Morgan fingerprint density at radius 1 is 1.26 bits per heavy atom. The van der Waals surface area contributed by atoms with Gasteiger partial charge < -0.3 is 0 Å². The molecule has 0 bridgehead atoms. The summed E-state index contributed by atoms with van der Waals surface area (Å²) in [5, 5.41) is 10.9. The van der Waals surface area contributed by atoms with Crippen LogP contribution in [-0.4, -0.2) is 25.7 Å². The van der Waals surface area contributed by atoms with Gasteiger partial charge in [-0.2, -0.15) is 0 Å². The van der Waals surface area contributed by atoms with Gasteiger partial charge in [0.1, 0.15) is 0 Å². The average Bonchev–Trinajstić information content (AvgIpc) is 2.96. The second-order valence-electron chi connectivity index (χ2n) is 4.69. The molecule has 0 saturated carbocycles. The minimum Gasteiger partial charge on any atom is -0.294 e. The van der Waals surface area contributed by atoms with Crippen LogP contribution in [0.1, 0.15) is 21.5 Å². The number of nitro groups is 1. The fraction of sp³-hybridized carbons (Fsp3) is 0.214. The smallest absolute Gasteiger partial charge is 0.289 e. The summed E-state index contributed by atoms with van der Waals surface area (Å²) in [5.74, 6) is -0.0401. The maximum atomic E-state index is 12.2. The number of Topliss-reactive ketones (excluding diaryl/α,β-unsaturated/α-hetero) is 1. The second kappa shape index (κ2) is 6.99. The van der Waals surface area contributed by atoms with Crippen LogP contribution in [-0.2, 0) is 16.4 Å². The lowest BCUT2D eigenvalue weighted by Gasteiger charge is -2.06. The number of nitrogens with one attached hydrogen (secondary N) is 1. The first-order valence-electron chi connectivity index (χ1n) is 6.64. The Morgan fingerprint density at radius 2 is 1.96 bits per heavy atom. The highest BCUT2D eigenvalue weighted by molar-refractivity contribution is 7.89. The third kappa shape index (κ3) is 4.21. The highest BCUT2D eigenvalue weighted by Gasteiger charge is 2.24. The van der Waals surface area contributed by atoms with E-state index in [9.17, 15) is 23.3 Å². The third-order valence-electron chi connectivity index (χ3n) is 3.02. The van der Waals surface area contributed by atoms with Gasteiger partial charge in [-0.1, -0.05) is 12.1 Å². The van der Waals surface area contributed by atoms with E-state index < -0.39 is 20.6 Å². The summed E-state index contributed by atoms with van der Waals surface area (Å²) in [5.41, 5.74) is -0.463. The fourth-order valence-electron chi connectivity index (χ4n) is 1.92. The van der Waals surface area contributed by atoms with Crippen molar-refractivity contribution in [2.45, 2.75) is 18.2 Å². The number of rotatable bonds is 7. The Bertz CT molecular complexity index is 842. The molecule has 1 heterocycles. The molecule has 0 atom stereocenters. The van der Waals surface area contributed by atoms with Gasteiger partial charge in [0.2, 0.25) is 10.0 Å². The summed E-state index contributed by atoms with van der Waals surface area (Å²) in [7, 11) is -3.97. The summed E-state index contributed by atoms with van der Waals surface area (Å²) >= 11 is 1.30. The molecule has 0 saturated heterocycles. The molecule has 1 aromatic carbocycles. The Hall–Kier alpha value is -2.10. The molecule has 0 unspecified atom stereocenters. The lowest BCUT2D eigenvalue weighted by Crippen LogP contribution is -2.26. The zero-order valence-corrected chi connectivity index (χ0v) is 13.8. The molecule has 1 N–H and O–H groups in total. The van der Waals surface area contributed by atoms with Gasteiger partial charge in [0.25, 0.3) is 5.69 Å². The highest BCUT2D eigenvalue weighted by Crippen LogP contribution is 2.23. The first kappa shape index (κ1) is 17.3. The molecule has 9 heteroatoms. The van der Waals surface area contributed by atoms with Gasteiger partial charge in [0, 0.05) is 17.5 Å². The van der Waals surface area contributed by atoms with Gasteiger partial charge in [-0.05, 0) is 31.5 Å². The number of hydrogen-bond acceptors (Lipinski definition) is 6. The predicted molar refractivity (Wildman–Crippen MR) is 86.3 cm³/mol. The van der Waals surface area contributed by atoms with Crippen LogP contribution in [0.3, 0.4) is 0 Å². The Balaban J connectivity index is 2.07. The molecule has 1 aromatic heterocycles. The molecule has 0 radical (unpaired) electrons. The zero-order valence-electron chi connectivity index (χ0n) is 12.2. The summed E-state index contributed by atoms with van der Waals surface area (Å²) < 4.78 is 26.7. The number of nitrogens with zero attached hydrogens (tertiary/aromatic N) is 1. The topological polar surface area (TPSA) is 106 Å². The van der Waals surface area contributed by atoms with E-state index in [0.29, 0.717) is 11.3 Å². The van der Waals surface area contributed by atoms with Crippen LogP contribution in [0.2, 0.25) is 0 Å². The highest BCUT2D eigenvalue weighted by atomic mass is 32.2. The molecule has 0 spiro atoms. The van der Waals surface area contributed by atoms with Gasteiger partial charge in [-0.3, -0.25) is 14.9 Å². The van der Waals surface area contributed by atoms with Crippen molar-refractivity contribution in [3.05, 3.63) is 56.3 Å². The van der Waals surface area contributed by atoms with E-state index in [2.05, 4.69) is 4.72 Å². The molecular formula is C14H14N2O5S2. The van der Waals surface area contributed by atoms with Crippen molar-refractivity contribution in [2.75, 3.05) is 6.54 Å². The number of sulfonamides is 1. The number of benzene rings is 1. The minimum atomic E-state index is -3.97. The van der Waals surface area contributed by atoms with E-state index in [1.54, 1.807) is 12.1 Å². The molecule has 7 nitrogen and oxygen atoms in total. The Labute approximate surface area is 137 Å². The van der Waals surface area contributed by atoms with Crippen molar-refractivity contribution in [2.24, 2.45) is 0 Å². The number of ketones is 1. The maximum absolute atomic E-state index is 12.2. The zero-order chi connectivity index (χ0) is 17.0. The van der Waals surface area contributed by atoms with Crippen LogP contribution in [0.15, 0.2) is 41.3 Å². The fourth-order valence-corrected chi connectivity index (χ4v) is 4.03. The molecule has 2 aromatic rings. The molecular weight excluding hydrogens is 340 g/mol. The average molecular weight is 354 g/mol. The van der Waals surface area contributed by atoms with E-state index in [1.165, 1.54) is 36.5 Å². The second-order valence-corrected chi connectivity index (χ2v) is 7.60. The number of thiophene rings is 1. The standard InChI is InChI=1S/C14H14N2O5S2/c1-10(17)13-7-6-11(22-13)8-9-15-23(20,21)14-5-3-2-4-12(14)16(18)19/h2-7,15H,8-9H2,1H3. The predicted octanol–water partition coefficient (Wildman–Crippen LogP) is 2.38. The van der Waals surface area contributed by atoms with Crippen molar-refractivity contribution in [1.29, 1.82) is 0 Å². The van der Waals surface area contributed by atoms with Crippen LogP contribution in [0.25, 0.3) is 0 Å². The van der Waals surface area contributed by atoms with Gasteiger partial charge in [-0.15, -0.1) is 11.3 Å². The minimum absolute atomic E-state index is 0.0401. The van der Waals surface area contributed by atoms with Gasteiger partial charge in [0.15, 0.2) is 10.7 Å². The largest absolute Gasteiger partial charge is 0.294 e. The molecule has 0 fully saturated rings. The number of hydrogen-bond donors (Lipinski definition) is 1. The van der Waals surface area contributed by atoms with Crippen molar-refractivity contribution in [3.63, 3.8) is 0 Å². The van der Waals surface area contributed by atoms with Gasteiger partial charge in [0.05, 0.1) is 9.80 Å². The first-order chi connectivity index (χ1) is 10.8. The van der Waals surface area contributed by atoms with Crippen LogP contribution in [0.5, 0.6) is 0 Å². The van der Waals surface area contributed by atoms with Crippen molar-refractivity contribution >= 4 is 32.8 Å². The van der Waals surface area contributed by atoms with Crippen LogP contribution in [0.4, 0.5) is 5.69 Å². The molecule has 0 amide bonds. The van der Waals surface area contributed by atoms with E-state index in [4.69, 9.17) is 0 Å². The summed E-state index contributed by atoms with van der Waals surface area (Å²) in [4.78, 5) is 22.5. The third-order valence-corrected chi connectivity index (χ3v) is 5.78. The SMILES string of the molecule is CC(=O)c1ccc(CCNS(=O)(=O)c2ccccc2[N+](=O)[O-])s1. The van der Waals surface area contributed by atoms with Gasteiger partial charge >= 0.3 is 0 Å². The molecule has 0 aliphatic rings. The van der Waals surface area contributed by atoms with E-state index in [-0.39, 0.29) is 17.2 Å². The van der Waals surface area contributed by atoms with E-state index >= 15 is 0 Å². The van der Waals surface area contributed by atoms with Crippen LogP contribution < -0.4 is 4.72 Å². The van der Waals surface area contributed by atoms with Crippen molar-refractivity contribution in [3.8, 4) is 0 Å². The molecule has 0 aliphatic heterocycles. The quantitative estimate of drug-likeness (QED) is 0.467. The number of para-hydroxylation sites is 1. The lowest BCUT2D eigenvalue weighted by atomic mass is 10.3. The molecule has 2 rings (SSSR count). The monoisotopic (exact) mass is 354 g/mol. The number of carbonyl (C=O) groups excluding carboxylic acids is 1. The summed E-state index contributed by atoms with van der Waals surface area (Å²) in [6, 6.07) is 8.64.